The Morgan fingerprint density at radius 2 is 2.03 bits per heavy atom. The SMILES string of the molecule is CC(=O)N(c1cccc(Cl)c1)c1nc(C2Nc3ccccc3C(=O)N2C2CC2)cs1. The Morgan fingerprint density at radius 1 is 1.23 bits per heavy atom. The number of halogens is 1. The number of para-hydroxylation sites is 1. The topological polar surface area (TPSA) is 65.5 Å². The summed E-state index contributed by atoms with van der Waals surface area (Å²) in [5, 5.41) is 6.47. The molecule has 5 rings (SSSR count). The molecule has 0 radical (unpaired) electrons. The molecule has 2 heterocycles. The van der Waals surface area contributed by atoms with E-state index in [2.05, 4.69) is 5.32 Å². The molecular weight excluding hydrogens is 420 g/mol. The Morgan fingerprint density at radius 3 is 2.77 bits per heavy atom. The van der Waals surface area contributed by atoms with E-state index in [4.69, 9.17) is 16.6 Å². The van der Waals surface area contributed by atoms with Gasteiger partial charge >= 0.3 is 0 Å². The highest BCUT2D eigenvalue weighted by Gasteiger charge is 2.43. The quantitative estimate of drug-likeness (QED) is 0.607. The average Bonchev–Trinajstić information content (AvgIpc) is 3.45. The van der Waals surface area contributed by atoms with Crippen LogP contribution in [0.25, 0.3) is 0 Å². The lowest BCUT2D eigenvalue weighted by Gasteiger charge is -2.37. The Kier molecular flexibility index (Phi) is 4.72. The first kappa shape index (κ1) is 19.1. The third-order valence-corrected chi connectivity index (χ3v) is 6.34. The van der Waals surface area contributed by atoms with Gasteiger partial charge in [0.25, 0.3) is 5.91 Å². The number of nitrogens with one attached hydrogen (secondary N) is 1. The van der Waals surface area contributed by atoms with Crippen LogP contribution in [-0.2, 0) is 4.79 Å². The Hall–Kier alpha value is -2.90. The van der Waals surface area contributed by atoms with E-state index in [9.17, 15) is 9.59 Å². The number of carbonyl (C=O) groups excluding carboxylic acids is 2. The largest absolute Gasteiger partial charge is 0.359 e. The average molecular weight is 439 g/mol. The third-order valence-electron chi connectivity index (χ3n) is 5.27. The lowest BCUT2D eigenvalue weighted by Crippen LogP contribution is -2.44. The maximum Gasteiger partial charge on any atom is 0.258 e. The maximum absolute atomic E-state index is 13.2. The van der Waals surface area contributed by atoms with Gasteiger partial charge in [0.2, 0.25) is 5.91 Å². The predicted octanol–water partition coefficient (Wildman–Crippen LogP) is 5.21. The molecule has 30 heavy (non-hydrogen) atoms. The molecule has 1 atom stereocenters. The summed E-state index contributed by atoms with van der Waals surface area (Å²) >= 11 is 7.49. The molecule has 8 heteroatoms. The highest BCUT2D eigenvalue weighted by Crippen LogP contribution is 2.42. The number of anilines is 3. The summed E-state index contributed by atoms with van der Waals surface area (Å²) < 4.78 is 0. The van der Waals surface area contributed by atoms with Crippen molar-refractivity contribution in [3.8, 4) is 0 Å². The van der Waals surface area contributed by atoms with Crippen LogP contribution in [0.1, 0.15) is 42.0 Å². The summed E-state index contributed by atoms with van der Waals surface area (Å²) in [5.74, 6) is -0.139. The fourth-order valence-corrected chi connectivity index (χ4v) is 4.85. The Bertz CT molecular complexity index is 1140. The van der Waals surface area contributed by atoms with E-state index >= 15 is 0 Å². The van der Waals surface area contributed by atoms with E-state index in [0.717, 1.165) is 24.2 Å². The number of thiazole rings is 1. The molecular formula is C22H19ClN4O2S. The number of fused-ring (bicyclic) bond motifs is 1. The highest BCUT2D eigenvalue weighted by molar-refractivity contribution is 7.14. The van der Waals surface area contributed by atoms with Crippen LogP contribution in [0.2, 0.25) is 5.02 Å². The third kappa shape index (κ3) is 3.34. The van der Waals surface area contributed by atoms with Gasteiger partial charge in [0.1, 0.15) is 6.17 Å². The second kappa shape index (κ2) is 7.41. The van der Waals surface area contributed by atoms with E-state index < -0.39 is 0 Å². The van der Waals surface area contributed by atoms with E-state index in [-0.39, 0.29) is 24.0 Å². The molecule has 1 aromatic heterocycles. The van der Waals surface area contributed by atoms with Crippen molar-refractivity contribution in [2.45, 2.75) is 32.0 Å². The van der Waals surface area contributed by atoms with Crippen molar-refractivity contribution < 1.29 is 9.59 Å². The van der Waals surface area contributed by atoms with Gasteiger partial charge in [-0.1, -0.05) is 29.8 Å². The van der Waals surface area contributed by atoms with Crippen LogP contribution in [0.3, 0.4) is 0 Å². The van der Waals surface area contributed by atoms with Crippen LogP contribution >= 0.6 is 22.9 Å². The van der Waals surface area contributed by atoms with Crippen molar-refractivity contribution in [2.24, 2.45) is 0 Å². The molecule has 1 N–H and O–H groups in total. The van der Waals surface area contributed by atoms with Gasteiger partial charge in [0, 0.05) is 29.1 Å². The van der Waals surface area contributed by atoms with Crippen LogP contribution in [0.5, 0.6) is 0 Å². The lowest BCUT2D eigenvalue weighted by atomic mass is 10.1. The van der Waals surface area contributed by atoms with Crippen molar-refractivity contribution in [1.82, 2.24) is 9.88 Å². The summed E-state index contributed by atoms with van der Waals surface area (Å²) in [7, 11) is 0. The number of carbonyl (C=O) groups is 2. The zero-order chi connectivity index (χ0) is 20.8. The number of amides is 2. The van der Waals surface area contributed by atoms with Gasteiger partial charge in [-0.25, -0.2) is 4.98 Å². The zero-order valence-corrected chi connectivity index (χ0v) is 17.8. The van der Waals surface area contributed by atoms with Crippen LogP contribution in [0, 0.1) is 0 Å². The fraction of sp³-hybridized carbons (Fsp3) is 0.227. The van der Waals surface area contributed by atoms with Gasteiger partial charge < -0.3 is 10.2 Å². The minimum absolute atomic E-state index is 0.0182. The Labute approximate surface area is 183 Å². The van der Waals surface area contributed by atoms with Gasteiger partial charge in [0.15, 0.2) is 5.13 Å². The van der Waals surface area contributed by atoms with Crippen molar-refractivity contribution in [1.29, 1.82) is 0 Å². The number of aromatic nitrogens is 1. The van der Waals surface area contributed by atoms with Crippen molar-refractivity contribution in [3.05, 3.63) is 70.2 Å². The molecule has 2 amide bonds. The number of nitrogens with zero attached hydrogens (tertiary/aromatic N) is 3. The monoisotopic (exact) mass is 438 g/mol. The van der Waals surface area contributed by atoms with Crippen molar-refractivity contribution in [2.75, 3.05) is 10.2 Å². The van der Waals surface area contributed by atoms with Gasteiger partial charge in [-0.15, -0.1) is 11.3 Å². The molecule has 1 aliphatic carbocycles. The molecule has 1 saturated carbocycles. The number of hydrogen-bond acceptors (Lipinski definition) is 5. The van der Waals surface area contributed by atoms with E-state index in [1.165, 1.54) is 18.3 Å². The summed E-state index contributed by atoms with van der Waals surface area (Å²) in [6.07, 6.45) is 1.62. The molecule has 0 saturated heterocycles. The molecule has 1 unspecified atom stereocenters. The summed E-state index contributed by atoms with van der Waals surface area (Å²) in [4.78, 5) is 33.8. The normalized spacial score (nSPS) is 18.0. The minimum atomic E-state index is -0.363. The van der Waals surface area contributed by atoms with Crippen LogP contribution in [0.4, 0.5) is 16.5 Å². The Balaban J connectivity index is 1.52. The lowest BCUT2D eigenvalue weighted by molar-refractivity contribution is -0.115. The van der Waals surface area contributed by atoms with E-state index in [1.807, 2.05) is 40.6 Å². The van der Waals surface area contributed by atoms with Crippen molar-refractivity contribution >= 4 is 51.3 Å². The smallest absolute Gasteiger partial charge is 0.258 e. The van der Waals surface area contributed by atoms with Gasteiger partial charge in [-0.3, -0.25) is 14.5 Å². The summed E-state index contributed by atoms with van der Waals surface area (Å²) in [6, 6.07) is 14.9. The molecule has 152 valence electrons. The highest BCUT2D eigenvalue weighted by atomic mass is 35.5. The number of rotatable bonds is 4. The number of hydrogen-bond donors (Lipinski definition) is 1. The molecule has 2 aromatic carbocycles. The first-order valence-electron chi connectivity index (χ1n) is 9.73. The van der Waals surface area contributed by atoms with Gasteiger partial charge in [0.05, 0.1) is 16.9 Å². The molecule has 6 nitrogen and oxygen atoms in total. The first-order chi connectivity index (χ1) is 14.5. The van der Waals surface area contributed by atoms with Crippen molar-refractivity contribution in [3.63, 3.8) is 0 Å². The maximum atomic E-state index is 13.2. The molecule has 0 spiro atoms. The van der Waals surface area contributed by atoms with E-state index in [1.54, 1.807) is 23.1 Å². The van der Waals surface area contributed by atoms with E-state index in [0.29, 0.717) is 21.4 Å². The zero-order valence-electron chi connectivity index (χ0n) is 16.2. The van der Waals surface area contributed by atoms with Gasteiger partial charge in [-0.2, -0.15) is 0 Å². The first-order valence-corrected chi connectivity index (χ1v) is 11.0. The second-order valence-corrected chi connectivity index (χ2v) is 8.70. The fourth-order valence-electron chi connectivity index (χ4n) is 3.76. The van der Waals surface area contributed by atoms with Crippen LogP contribution < -0.4 is 10.2 Å². The summed E-state index contributed by atoms with van der Waals surface area (Å²) in [5.41, 5.74) is 2.86. The molecule has 3 aromatic rings. The molecule has 1 aliphatic heterocycles. The number of benzene rings is 2. The molecule has 1 fully saturated rings. The predicted molar refractivity (Wildman–Crippen MR) is 118 cm³/mol. The molecule has 0 bridgehead atoms. The minimum Gasteiger partial charge on any atom is -0.359 e. The van der Waals surface area contributed by atoms with Crippen LogP contribution in [0.15, 0.2) is 53.9 Å². The summed E-state index contributed by atoms with van der Waals surface area (Å²) in [6.45, 7) is 1.50. The molecule has 2 aliphatic rings. The standard InChI is InChI=1S/C22H19ClN4O2S/c1-13(28)26(16-6-4-5-14(23)11-16)22-25-19(12-30-22)20-24-18-8-3-2-7-17(18)21(29)27(20)15-9-10-15/h2-8,11-12,15,20,24H,9-10H2,1H3. The van der Waals surface area contributed by atoms with Gasteiger partial charge in [-0.05, 0) is 43.2 Å². The second-order valence-electron chi connectivity index (χ2n) is 7.43. The van der Waals surface area contributed by atoms with Crippen LogP contribution in [-0.4, -0.2) is 27.7 Å².